The highest BCUT2D eigenvalue weighted by atomic mass is 79.9. The molecule has 0 bridgehead atoms. The lowest BCUT2D eigenvalue weighted by Crippen LogP contribution is -2.31. The maximum Gasteiger partial charge on any atom is 0.134 e. The van der Waals surface area contributed by atoms with Gasteiger partial charge in [0.05, 0.1) is 0 Å². The SMILES string of the molecule is CNc1cc(N2CCc3cc(Br)ccc3C2)nc(C)n1. The van der Waals surface area contributed by atoms with E-state index in [2.05, 4.69) is 54.3 Å². The van der Waals surface area contributed by atoms with Crippen LogP contribution in [0.3, 0.4) is 0 Å². The quantitative estimate of drug-likeness (QED) is 0.917. The van der Waals surface area contributed by atoms with E-state index < -0.39 is 0 Å². The number of halogens is 1. The summed E-state index contributed by atoms with van der Waals surface area (Å²) in [5.41, 5.74) is 2.80. The molecule has 0 spiro atoms. The van der Waals surface area contributed by atoms with E-state index >= 15 is 0 Å². The molecular weight excluding hydrogens is 316 g/mol. The van der Waals surface area contributed by atoms with Crippen LogP contribution in [0.4, 0.5) is 11.6 Å². The third kappa shape index (κ3) is 2.63. The van der Waals surface area contributed by atoms with Gasteiger partial charge < -0.3 is 10.2 Å². The first-order valence-corrected chi connectivity index (χ1v) is 7.50. The highest BCUT2D eigenvalue weighted by Crippen LogP contribution is 2.26. The van der Waals surface area contributed by atoms with Crippen molar-refractivity contribution in [3.8, 4) is 0 Å². The fourth-order valence-corrected chi connectivity index (χ4v) is 2.97. The first-order chi connectivity index (χ1) is 9.65. The Balaban J connectivity index is 1.90. The van der Waals surface area contributed by atoms with Gasteiger partial charge >= 0.3 is 0 Å². The lowest BCUT2D eigenvalue weighted by atomic mass is 10.00. The average molecular weight is 333 g/mol. The standard InChI is InChI=1S/C15H17BrN4/c1-10-18-14(17-2)8-15(19-10)20-6-5-11-7-13(16)4-3-12(11)9-20/h3-4,7-8H,5-6,9H2,1-2H3,(H,17,18,19). The third-order valence-electron chi connectivity index (χ3n) is 3.59. The first kappa shape index (κ1) is 13.4. The molecular formula is C15H17BrN4. The predicted octanol–water partition coefficient (Wildman–Crippen LogP) is 3.15. The molecule has 0 atom stereocenters. The van der Waals surface area contributed by atoms with Gasteiger partial charge in [0.25, 0.3) is 0 Å². The van der Waals surface area contributed by atoms with Crippen molar-refractivity contribution in [3.05, 3.63) is 45.7 Å². The Kier molecular flexibility index (Phi) is 3.61. The van der Waals surface area contributed by atoms with Gasteiger partial charge in [0.15, 0.2) is 0 Å². The zero-order valence-electron chi connectivity index (χ0n) is 11.7. The number of rotatable bonds is 2. The number of aryl methyl sites for hydroxylation is 1. The van der Waals surface area contributed by atoms with Gasteiger partial charge in [-0.3, -0.25) is 0 Å². The summed E-state index contributed by atoms with van der Waals surface area (Å²) in [4.78, 5) is 11.2. The van der Waals surface area contributed by atoms with E-state index in [9.17, 15) is 0 Å². The number of aromatic nitrogens is 2. The van der Waals surface area contributed by atoms with E-state index in [-0.39, 0.29) is 0 Å². The molecule has 0 saturated heterocycles. The molecule has 0 radical (unpaired) electrons. The van der Waals surface area contributed by atoms with Crippen molar-refractivity contribution in [2.45, 2.75) is 19.9 Å². The van der Waals surface area contributed by atoms with E-state index in [1.54, 1.807) is 0 Å². The molecule has 0 aliphatic carbocycles. The summed E-state index contributed by atoms with van der Waals surface area (Å²) in [6.45, 7) is 3.82. The highest BCUT2D eigenvalue weighted by molar-refractivity contribution is 9.10. The number of hydrogen-bond acceptors (Lipinski definition) is 4. The van der Waals surface area contributed by atoms with Gasteiger partial charge in [-0.15, -0.1) is 0 Å². The van der Waals surface area contributed by atoms with Crippen molar-refractivity contribution in [2.75, 3.05) is 23.8 Å². The number of fused-ring (bicyclic) bond motifs is 1. The van der Waals surface area contributed by atoms with Crippen LogP contribution >= 0.6 is 15.9 Å². The summed E-state index contributed by atoms with van der Waals surface area (Å²) < 4.78 is 1.15. The van der Waals surface area contributed by atoms with Gasteiger partial charge in [-0.25, -0.2) is 9.97 Å². The van der Waals surface area contributed by atoms with Crippen LogP contribution in [0.5, 0.6) is 0 Å². The molecule has 1 aliphatic heterocycles. The number of anilines is 2. The van der Waals surface area contributed by atoms with Crippen molar-refractivity contribution in [2.24, 2.45) is 0 Å². The zero-order valence-corrected chi connectivity index (χ0v) is 13.2. The molecule has 1 N–H and O–H groups in total. The minimum Gasteiger partial charge on any atom is -0.373 e. The Morgan fingerprint density at radius 3 is 2.85 bits per heavy atom. The van der Waals surface area contributed by atoms with Crippen molar-refractivity contribution in [3.63, 3.8) is 0 Å². The fraction of sp³-hybridized carbons (Fsp3) is 0.333. The Morgan fingerprint density at radius 2 is 2.05 bits per heavy atom. The van der Waals surface area contributed by atoms with Crippen LogP contribution < -0.4 is 10.2 Å². The van der Waals surface area contributed by atoms with Crippen molar-refractivity contribution in [1.29, 1.82) is 0 Å². The minimum atomic E-state index is 0.799. The summed E-state index contributed by atoms with van der Waals surface area (Å²) in [5.74, 6) is 2.66. The fourth-order valence-electron chi connectivity index (χ4n) is 2.56. The normalized spacial score (nSPS) is 14.1. The topological polar surface area (TPSA) is 41.0 Å². The van der Waals surface area contributed by atoms with Crippen LogP contribution in [0.2, 0.25) is 0 Å². The molecule has 3 rings (SSSR count). The molecule has 0 unspecified atom stereocenters. The van der Waals surface area contributed by atoms with Crippen LogP contribution in [0.25, 0.3) is 0 Å². The molecule has 5 heteroatoms. The minimum absolute atomic E-state index is 0.799. The number of hydrogen-bond donors (Lipinski definition) is 1. The Morgan fingerprint density at radius 1 is 1.20 bits per heavy atom. The molecule has 0 fully saturated rings. The third-order valence-corrected chi connectivity index (χ3v) is 4.08. The average Bonchev–Trinajstić information content (AvgIpc) is 2.46. The summed E-state index contributed by atoms with van der Waals surface area (Å²) in [7, 11) is 1.88. The second-order valence-electron chi connectivity index (χ2n) is 4.99. The van der Waals surface area contributed by atoms with E-state index in [0.717, 1.165) is 41.4 Å². The van der Waals surface area contributed by atoms with E-state index in [1.165, 1.54) is 11.1 Å². The maximum absolute atomic E-state index is 4.56. The smallest absolute Gasteiger partial charge is 0.134 e. The highest BCUT2D eigenvalue weighted by Gasteiger charge is 2.18. The first-order valence-electron chi connectivity index (χ1n) is 6.71. The molecule has 1 aromatic heterocycles. The number of nitrogens with zero attached hydrogens (tertiary/aromatic N) is 3. The van der Waals surface area contributed by atoms with Crippen molar-refractivity contribution >= 4 is 27.6 Å². The second kappa shape index (κ2) is 5.40. The second-order valence-corrected chi connectivity index (χ2v) is 5.91. The number of benzene rings is 1. The van der Waals surface area contributed by atoms with Crippen LogP contribution in [0.1, 0.15) is 17.0 Å². The van der Waals surface area contributed by atoms with Gasteiger partial charge in [0.2, 0.25) is 0 Å². The molecule has 20 heavy (non-hydrogen) atoms. The monoisotopic (exact) mass is 332 g/mol. The molecule has 0 saturated carbocycles. The van der Waals surface area contributed by atoms with Crippen molar-refractivity contribution in [1.82, 2.24) is 9.97 Å². The van der Waals surface area contributed by atoms with Crippen molar-refractivity contribution < 1.29 is 0 Å². The largest absolute Gasteiger partial charge is 0.373 e. The molecule has 2 aromatic rings. The Labute approximate surface area is 127 Å². The van der Waals surface area contributed by atoms with Crippen LogP contribution in [-0.2, 0) is 13.0 Å². The van der Waals surface area contributed by atoms with E-state index in [1.807, 2.05) is 20.0 Å². The summed E-state index contributed by atoms with van der Waals surface area (Å²) in [5, 5.41) is 3.09. The summed E-state index contributed by atoms with van der Waals surface area (Å²) >= 11 is 3.54. The summed E-state index contributed by atoms with van der Waals surface area (Å²) in [6, 6.07) is 8.53. The zero-order chi connectivity index (χ0) is 14.1. The van der Waals surface area contributed by atoms with Crippen LogP contribution in [0, 0.1) is 6.92 Å². The summed E-state index contributed by atoms with van der Waals surface area (Å²) in [6.07, 6.45) is 1.05. The van der Waals surface area contributed by atoms with E-state index in [0.29, 0.717) is 0 Å². The van der Waals surface area contributed by atoms with Gasteiger partial charge in [-0.05, 0) is 36.6 Å². The van der Waals surface area contributed by atoms with Crippen LogP contribution in [0.15, 0.2) is 28.7 Å². The van der Waals surface area contributed by atoms with Crippen LogP contribution in [-0.4, -0.2) is 23.6 Å². The molecule has 2 heterocycles. The maximum atomic E-state index is 4.56. The van der Waals surface area contributed by atoms with Gasteiger partial charge in [-0.2, -0.15) is 0 Å². The molecule has 0 amide bonds. The lowest BCUT2D eigenvalue weighted by molar-refractivity contribution is 0.717. The van der Waals surface area contributed by atoms with Gasteiger partial charge in [0, 0.05) is 30.7 Å². The molecule has 1 aromatic carbocycles. The van der Waals surface area contributed by atoms with E-state index in [4.69, 9.17) is 0 Å². The lowest BCUT2D eigenvalue weighted by Gasteiger charge is -2.30. The molecule has 4 nitrogen and oxygen atoms in total. The Hall–Kier alpha value is -1.62. The molecule has 1 aliphatic rings. The predicted molar refractivity (Wildman–Crippen MR) is 85.2 cm³/mol. The number of nitrogens with one attached hydrogen (secondary N) is 1. The Bertz CT molecular complexity index is 642. The molecule has 104 valence electrons. The van der Waals surface area contributed by atoms with Gasteiger partial charge in [0.1, 0.15) is 17.5 Å². The van der Waals surface area contributed by atoms with Gasteiger partial charge in [-0.1, -0.05) is 22.0 Å².